The van der Waals surface area contributed by atoms with Gasteiger partial charge in [-0.15, -0.1) is 0 Å². The maximum absolute atomic E-state index is 13.2. The second-order valence-corrected chi connectivity index (χ2v) is 8.68. The van der Waals surface area contributed by atoms with Gasteiger partial charge in [0.2, 0.25) is 0 Å². The number of morpholine rings is 1. The molecule has 1 saturated heterocycles. The van der Waals surface area contributed by atoms with Crippen molar-refractivity contribution < 1.29 is 14.3 Å². The lowest BCUT2D eigenvalue weighted by Crippen LogP contribution is -2.50. The maximum atomic E-state index is 13.2. The zero-order valence-electron chi connectivity index (χ0n) is 19.8. The molecule has 0 radical (unpaired) electrons. The summed E-state index contributed by atoms with van der Waals surface area (Å²) in [5.41, 5.74) is 6.53. The quantitative estimate of drug-likeness (QED) is 0.473. The molecule has 0 spiro atoms. The van der Waals surface area contributed by atoms with Gasteiger partial charge >= 0.3 is 0 Å². The Hall–Kier alpha value is -4.11. The van der Waals surface area contributed by atoms with Crippen molar-refractivity contribution in [2.24, 2.45) is 0 Å². The Morgan fingerprint density at radius 2 is 1.80 bits per heavy atom. The van der Waals surface area contributed by atoms with Crippen molar-refractivity contribution in [2.45, 2.75) is 26.9 Å². The molecule has 1 fully saturated rings. The van der Waals surface area contributed by atoms with Crippen LogP contribution in [0.5, 0.6) is 0 Å². The molecule has 9 heteroatoms. The van der Waals surface area contributed by atoms with Crippen LogP contribution in [-0.4, -0.2) is 62.7 Å². The molecule has 1 atom stereocenters. The van der Waals surface area contributed by atoms with E-state index < -0.39 is 6.10 Å². The number of benzene rings is 2. The highest BCUT2D eigenvalue weighted by molar-refractivity contribution is 5.99. The van der Waals surface area contributed by atoms with Crippen LogP contribution in [0, 0.1) is 20.8 Å². The predicted octanol–water partition coefficient (Wildman–Crippen LogP) is 3.42. The van der Waals surface area contributed by atoms with Crippen LogP contribution in [0.4, 0.5) is 5.82 Å². The van der Waals surface area contributed by atoms with Crippen LogP contribution in [0.15, 0.2) is 48.5 Å². The monoisotopic (exact) mass is 470 g/mol. The van der Waals surface area contributed by atoms with Crippen molar-refractivity contribution in [2.75, 3.05) is 25.0 Å². The van der Waals surface area contributed by atoms with Crippen molar-refractivity contribution in [1.82, 2.24) is 25.1 Å². The highest BCUT2D eigenvalue weighted by atomic mass is 16.5. The van der Waals surface area contributed by atoms with Crippen LogP contribution < -0.4 is 5.32 Å². The molecular formula is C26H26N6O3. The molecule has 9 nitrogen and oxygen atoms in total. The number of aryl methyl sites for hydroxylation is 3. The van der Waals surface area contributed by atoms with E-state index in [0.717, 1.165) is 33.7 Å². The van der Waals surface area contributed by atoms with Gasteiger partial charge in [0, 0.05) is 23.7 Å². The number of amides is 2. The number of fused-ring (bicyclic) bond motifs is 1. The Balaban J connectivity index is 1.27. The van der Waals surface area contributed by atoms with Gasteiger partial charge in [-0.05, 0) is 44.5 Å². The third-order valence-corrected chi connectivity index (χ3v) is 6.23. The lowest BCUT2D eigenvalue weighted by Gasteiger charge is -2.32. The minimum atomic E-state index is -0.795. The average molecular weight is 471 g/mol. The van der Waals surface area contributed by atoms with E-state index in [1.165, 1.54) is 0 Å². The fraction of sp³-hybridized carbons (Fsp3) is 0.269. The first-order valence-corrected chi connectivity index (χ1v) is 11.5. The number of aromatic nitrogens is 4. The van der Waals surface area contributed by atoms with Crippen molar-refractivity contribution in [3.63, 3.8) is 0 Å². The molecule has 1 aliphatic heterocycles. The Bertz CT molecular complexity index is 1430. The first kappa shape index (κ1) is 22.7. The first-order valence-electron chi connectivity index (χ1n) is 11.5. The van der Waals surface area contributed by atoms with E-state index in [1.807, 2.05) is 45.0 Å². The molecule has 0 aliphatic carbocycles. The lowest BCUT2D eigenvalue weighted by molar-refractivity contribution is -0.131. The standard InChI is InChI=1S/C26H26N6O3/c1-15-6-4-5-7-19(15)21-13-24(31-30-21)29-25(33)23-14-32(10-11-35-23)26(34)18-8-9-20-22(12-18)28-17(3)16(2)27-20/h4-9,12-13,23H,10-11,14H2,1-3H3,(H2,29,30,31,33). The summed E-state index contributed by atoms with van der Waals surface area (Å²) in [7, 11) is 0. The molecule has 4 aromatic rings. The summed E-state index contributed by atoms with van der Waals surface area (Å²) >= 11 is 0. The van der Waals surface area contributed by atoms with Crippen LogP contribution in [0.3, 0.4) is 0 Å². The van der Waals surface area contributed by atoms with Gasteiger partial charge in [-0.25, -0.2) is 9.97 Å². The molecule has 2 amide bonds. The number of carbonyl (C=O) groups is 2. The molecular weight excluding hydrogens is 444 g/mol. The number of hydrogen-bond acceptors (Lipinski definition) is 6. The number of hydrogen-bond donors (Lipinski definition) is 2. The number of nitrogens with zero attached hydrogens (tertiary/aromatic N) is 4. The van der Waals surface area contributed by atoms with Crippen LogP contribution in [0.2, 0.25) is 0 Å². The molecule has 2 N–H and O–H groups in total. The molecule has 2 aromatic heterocycles. The van der Waals surface area contributed by atoms with Crippen molar-refractivity contribution >= 4 is 28.7 Å². The number of nitrogens with one attached hydrogen (secondary N) is 2. The SMILES string of the molecule is Cc1ccccc1-c1cc(NC(=O)C2CN(C(=O)c3ccc4nc(C)c(C)nc4c3)CCO2)n[nH]1. The second kappa shape index (κ2) is 9.27. The zero-order valence-corrected chi connectivity index (χ0v) is 19.8. The highest BCUT2D eigenvalue weighted by Crippen LogP contribution is 2.23. The van der Waals surface area contributed by atoms with Gasteiger partial charge in [-0.3, -0.25) is 14.7 Å². The summed E-state index contributed by atoms with van der Waals surface area (Å²) in [5, 5.41) is 9.96. The Morgan fingerprint density at radius 1 is 1.03 bits per heavy atom. The van der Waals surface area contributed by atoms with Crippen LogP contribution in [0.25, 0.3) is 22.3 Å². The van der Waals surface area contributed by atoms with Crippen LogP contribution in [0.1, 0.15) is 27.3 Å². The van der Waals surface area contributed by atoms with Gasteiger partial charge in [-0.1, -0.05) is 24.3 Å². The van der Waals surface area contributed by atoms with E-state index in [1.54, 1.807) is 29.2 Å². The molecule has 35 heavy (non-hydrogen) atoms. The predicted molar refractivity (Wildman–Crippen MR) is 132 cm³/mol. The topological polar surface area (TPSA) is 113 Å². The molecule has 1 unspecified atom stereocenters. The fourth-order valence-corrected chi connectivity index (χ4v) is 4.14. The highest BCUT2D eigenvalue weighted by Gasteiger charge is 2.30. The summed E-state index contributed by atoms with van der Waals surface area (Å²) in [6.45, 7) is 6.64. The van der Waals surface area contributed by atoms with Crippen LogP contribution >= 0.6 is 0 Å². The van der Waals surface area contributed by atoms with Crippen molar-refractivity contribution in [3.05, 3.63) is 71.0 Å². The molecule has 0 saturated carbocycles. The van der Waals surface area contributed by atoms with Crippen molar-refractivity contribution in [1.29, 1.82) is 0 Å². The first-order chi connectivity index (χ1) is 16.9. The van der Waals surface area contributed by atoms with E-state index in [-0.39, 0.29) is 25.0 Å². The van der Waals surface area contributed by atoms with Gasteiger partial charge in [0.1, 0.15) is 0 Å². The fourth-order valence-electron chi connectivity index (χ4n) is 4.14. The second-order valence-electron chi connectivity index (χ2n) is 8.68. The minimum Gasteiger partial charge on any atom is -0.365 e. The number of H-pyrrole nitrogens is 1. The maximum Gasteiger partial charge on any atom is 0.256 e. The van der Waals surface area contributed by atoms with Crippen molar-refractivity contribution in [3.8, 4) is 11.3 Å². The number of ether oxygens (including phenoxy) is 1. The summed E-state index contributed by atoms with van der Waals surface area (Å²) in [4.78, 5) is 36.8. The number of anilines is 1. The van der Waals surface area contributed by atoms with E-state index in [2.05, 4.69) is 25.5 Å². The molecule has 5 rings (SSSR count). The zero-order chi connectivity index (χ0) is 24.5. The number of carbonyl (C=O) groups excluding carboxylic acids is 2. The van der Waals surface area contributed by atoms with Gasteiger partial charge in [0.05, 0.1) is 41.3 Å². The summed E-state index contributed by atoms with van der Waals surface area (Å²) in [5.74, 6) is -0.116. The minimum absolute atomic E-state index is 0.149. The van der Waals surface area contributed by atoms with Crippen LogP contribution in [-0.2, 0) is 9.53 Å². The normalized spacial score (nSPS) is 15.9. The Morgan fingerprint density at radius 3 is 2.60 bits per heavy atom. The Labute approximate surface area is 202 Å². The van der Waals surface area contributed by atoms with E-state index in [9.17, 15) is 9.59 Å². The molecule has 178 valence electrons. The molecule has 1 aliphatic rings. The third-order valence-electron chi connectivity index (χ3n) is 6.23. The smallest absolute Gasteiger partial charge is 0.256 e. The number of aromatic amines is 1. The van der Waals surface area contributed by atoms with Gasteiger partial charge in [0.15, 0.2) is 11.9 Å². The molecule has 0 bridgehead atoms. The summed E-state index contributed by atoms with van der Waals surface area (Å²) in [6.07, 6.45) is -0.795. The van der Waals surface area contributed by atoms with Gasteiger partial charge in [-0.2, -0.15) is 5.10 Å². The largest absolute Gasteiger partial charge is 0.365 e. The van der Waals surface area contributed by atoms with E-state index >= 15 is 0 Å². The third kappa shape index (κ3) is 4.63. The average Bonchev–Trinajstić information content (AvgIpc) is 3.32. The molecule has 3 heterocycles. The Kier molecular flexibility index (Phi) is 6.00. The van der Waals surface area contributed by atoms with Gasteiger partial charge < -0.3 is 15.0 Å². The van der Waals surface area contributed by atoms with E-state index in [0.29, 0.717) is 23.4 Å². The van der Waals surface area contributed by atoms with E-state index in [4.69, 9.17) is 4.74 Å². The number of rotatable bonds is 4. The van der Waals surface area contributed by atoms with Gasteiger partial charge in [0.25, 0.3) is 11.8 Å². The lowest BCUT2D eigenvalue weighted by atomic mass is 10.1. The summed E-state index contributed by atoms with van der Waals surface area (Å²) in [6, 6.07) is 15.0. The summed E-state index contributed by atoms with van der Waals surface area (Å²) < 4.78 is 5.67. The molecule has 2 aromatic carbocycles.